The van der Waals surface area contributed by atoms with Gasteiger partial charge in [-0.3, -0.25) is 5.41 Å². The lowest BCUT2D eigenvalue weighted by molar-refractivity contribution is 0.603. The van der Waals surface area contributed by atoms with Gasteiger partial charge < -0.3 is 10.6 Å². The third kappa shape index (κ3) is 2.01. The second-order valence-electron chi connectivity index (χ2n) is 4.48. The van der Waals surface area contributed by atoms with Crippen molar-refractivity contribution in [2.45, 2.75) is 25.8 Å². The van der Waals surface area contributed by atoms with E-state index in [0.29, 0.717) is 6.04 Å². The summed E-state index contributed by atoms with van der Waals surface area (Å²) >= 11 is 0. The number of anilines is 1. The lowest BCUT2D eigenvalue weighted by atomic mass is 10.1. The van der Waals surface area contributed by atoms with Gasteiger partial charge in [-0.1, -0.05) is 0 Å². The molecular weight excluding hydrogens is 200 g/mol. The highest BCUT2D eigenvalue weighted by Gasteiger charge is 2.31. The van der Waals surface area contributed by atoms with E-state index in [1.165, 1.54) is 12.8 Å². The first kappa shape index (κ1) is 10.9. The number of nitrogen functional groups attached to an aromatic ring is 1. The number of nitrogens with one attached hydrogen (secondary N) is 1. The standard InChI is InChI=1S/C12H18N4/c1-8(9-5-6-9)16(2)12-10(11(13)14)4-3-7-15-12/h3-4,7-9H,5-6H2,1-2H3,(H3,13,14). The molecule has 1 aromatic rings. The molecule has 1 saturated carbocycles. The van der Waals surface area contributed by atoms with Crippen molar-refractivity contribution < 1.29 is 0 Å². The van der Waals surface area contributed by atoms with Crippen LogP contribution in [0.4, 0.5) is 5.82 Å². The molecule has 1 heterocycles. The van der Waals surface area contributed by atoms with E-state index in [2.05, 4.69) is 16.8 Å². The molecule has 0 aliphatic heterocycles. The monoisotopic (exact) mass is 218 g/mol. The second-order valence-corrected chi connectivity index (χ2v) is 4.48. The van der Waals surface area contributed by atoms with Gasteiger partial charge in [0.2, 0.25) is 0 Å². The SMILES string of the molecule is CC(C1CC1)N(C)c1ncccc1C(=N)N. The van der Waals surface area contributed by atoms with Crippen LogP contribution in [0.1, 0.15) is 25.3 Å². The molecule has 1 aliphatic rings. The minimum absolute atomic E-state index is 0.0814. The Morgan fingerprint density at radius 2 is 2.31 bits per heavy atom. The second kappa shape index (κ2) is 4.12. The number of rotatable bonds is 4. The number of aromatic nitrogens is 1. The molecule has 4 heteroatoms. The fraction of sp³-hybridized carbons (Fsp3) is 0.500. The Labute approximate surface area is 96.0 Å². The molecule has 0 aromatic carbocycles. The summed E-state index contributed by atoms with van der Waals surface area (Å²) in [7, 11) is 2.03. The summed E-state index contributed by atoms with van der Waals surface area (Å²) in [5, 5.41) is 7.54. The van der Waals surface area contributed by atoms with Crippen LogP contribution >= 0.6 is 0 Å². The average molecular weight is 218 g/mol. The van der Waals surface area contributed by atoms with Crippen molar-refractivity contribution in [3.8, 4) is 0 Å². The Balaban J connectivity index is 2.27. The van der Waals surface area contributed by atoms with Crippen LogP contribution in [-0.2, 0) is 0 Å². The molecule has 1 aromatic heterocycles. The minimum Gasteiger partial charge on any atom is -0.384 e. The number of nitrogens with zero attached hydrogens (tertiary/aromatic N) is 2. The van der Waals surface area contributed by atoms with Crippen molar-refractivity contribution in [3.63, 3.8) is 0 Å². The molecule has 1 unspecified atom stereocenters. The Morgan fingerprint density at radius 3 is 2.88 bits per heavy atom. The van der Waals surface area contributed by atoms with Crippen LogP contribution in [-0.4, -0.2) is 23.9 Å². The summed E-state index contributed by atoms with van der Waals surface area (Å²) in [6.07, 6.45) is 4.35. The molecule has 0 spiro atoms. The van der Waals surface area contributed by atoms with Gasteiger partial charge in [-0.2, -0.15) is 0 Å². The first-order chi connectivity index (χ1) is 7.61. The zero-order chi connectivity index (χ0) is 11.7. The van der Waals surface area contributed by atoms with E-state index >= 15 is 0 Å². The first-order valence-electron chi connectivity index (χ1n) is 5.63. The Bertz CT molecular complexity index is 398. The van der Waals surface area contributed by atoms with Gasteiger partial charge >= 0.3 is 0 Å². The molecule has 0 amide bonds. The normalized spacial score (nSPS) is 16.9. The van der Waals surface area contributed by atoms with Crippen LogP contribution in [0.2, 0.25) is 0 Å². The van der Waals surface area contributed by atoms with E-state index in [4.69, 9.17) is 11.1 Å². The van der Waals surface area contributed by atoms with Gasteiger partial charge in [0, 0.05) is 19.3 Å². The fourth-order valence-electron chi connectivity index (χ4n) is 1.98. The van der Waals surface area contributed by atoms with Crippen LogP contribution in [0.25, 0.3) is 0 Å². The Morgan fingerprint density at radius 1 is 1.62 bits per heavy atom. The molecule has 16 heavy (non-hydrogen) atoms. The van der Waals surface area contributed by atoms with E-state index in [9.17, 15) is 0 Å². The number of amidine groups is 1. The van der Waals surface area contributed by atoms with Gasteiger partial charge in [0.1, 0.15) is 11.7 Å². The Hall–Kier alpha value is -1.58. The minimum atomic E-state index is 0.0814. The average Bonchev–Trinajstić information content (AvgIpc) is 3.11. The molecule has 3 N–H and O–H groups in total. The van der Waals surface area contributed by atoms with E-state index < -0.39 is 0 Å². The predicted octanol–water partition coefficient (Wildman–Crippen LogP) is 1.60. The summed E-state index contributed by atoms with van der Waals surface area (Å²) in [4.78, 5) is 6.47. The lowest BCUT2D eigenvalue weighted by Crippen LogP contribution is -2.33. The molecule has 0 radical (unpaired) electrons. The summed E-state index contributed by atoms with van der Waals surface area (Å²) < 4.78 is 0. The van der Waals surface area contributed by atoms with Crippen molar-refractivity contribution in [1.82, 2.24) is 4.98 Å². The quantitative estimate of drug-likeness (QED) is 0.596. The highest BCUT2D eigenvalue weighted by Crippen LogP contribution is 2.36. The van der Waals surface area contributed by atoms with Gasteiger partial charge in [-0.05, 0) is 37.8 Å². The van der Waals surface area contributed by atoms with Crippen molar-refractivity contribution in [3.05, 3.63) is 23.9 Å². The highest BCUT2D eigenvalue weighted by atomic mass is 15.2. The van der Waals surface area contributed by atoms with Crippen molar-refractivity contribution in [2.75, 3.05) is 11.9 Å². The van der Waals surface area contributed by atoms with Crippen LogP contribution in [0.3, 0.4) is 0 Å². The van der Waals surface area contributed by atoms with E-state index in [1.54, 1.807) is 6.20 Å². The molecule has 4 nitrogen and oxygen atoms in total. The largest absolute Gasteiger partial charge is 0.384 e. The smallest absolute Gasteiger partial charge is 0.139 e. The van der Waals surface area contributed by atoms with Gasteiger partial charge in [0.15, 0.2) is 0 Å². The Kier molecular flexibility index (Phi) is 2.81. The molecular formula is C12H18N4. The molecule has 0 bridgehead atoms. The lowest BCUT2D eigenvalue weighted by Gasteiger charge is -2.27. The van der Waals surface area contributed by atoms with Crippen LogP contribution in [0.15, 0.2) is 18.3 Å². The van der Waals surface area contributed by atoms with Gasteiger partial charge in [0.05, 0.1) is 5.56 Å². The molecule has 1 fully saturated rings. The third-order valence-corrected chi connectivity index (χ3v) is 3.33. The number of pyridine rings is 1. The first-order valence-corrected chi connectivity index (χ1v) is 5.63. The van der Waals surface area contributed by atoms with Crippen LogP contribution < -0.4 is 10.6 Å². The van der Waals surface area contributed by atoms with Gasteiger partial charge in [0.25, 0.3) is 0 Å². The molecule has 1 aliphatic carbocycles. The van der Waals surface area contributed by atoms with Gasteiger partial charge in [-0.15, -0.1) is 0 Å². The molecule has 0 saturated heterocycles. The number of hydrogen-bond acceptors (Lipinski definition) is 3. The van der Waals surface area contributed by atoms with Crippen molar-refractivity contribution >= 4 is 11.7 Å². The maximum absolute atomic E-state index is 7.54. The number of hydrogen-bond donors (Lipinski definition) is 2. The van der Waals surface area contributed by atoms with E-state index in [0.717, 1.165) is 17.3 Å². The highest BCUT2D eigenvalue weighted by molar-refractivity contribution is 5.99. The van der Waals surface area contributed by atoms with E-state index in [1.807, 2.05) is 19.2 Å². The maximum Gasteiger partial charge on any atom is 0.139 e. The number of nitrogens with two attached hydrogens (primary N) is 1. The van der Waals surface area contributed by atoms with Crippen molar-refractivity contribution in [1.29, 1.82) is 5.41 Å². The fourth-order valence-corrected chi connectivity index (χ4v) is 1.98. The summed E-state index contributed by atoms with van der Waals surface area (Å²) in [6.45, 7) is 2.20. The topological polar surface area (TPSA) is 66.0 Å². The van der Waals surface area contributed by atoms with Crippen molar-refractivity contribution in [2.24, 2.45) is 11.7 Å². The van der Waals surface area contributed by atoms with E-state index in [-0.39, 0.29) is 5.84 Å². The van der Waals surface area contributed by atoms with Crippen LogP contribution in [0, 0.1) is 11.3 Å². The zero-order valence-electron chi connectivity index (χ0n) is 9.77. The third-order valence-electron chi connectivity index (χ3n) is 3.33. The summed E-state index contributed by atoms with van der Waals surface area (Å²) in [5.74, 6) is 1.67. The van der Waals surface area contributed by atoms with Crippen LogP contribution in [0.5, 0.6) is 0 Å². The predicted molar refractivity (Wildman–Crippen MR) is 65.8 cm³/mol. The summed E-state index contributed by atoms with van der Waals surface area (Å²) in [5.41, 5.74) is 6.28. The molecule has 2 rings (SSSR count). The maximum atomic E-state index is 7.54. The molecule has 1 atom stereocenters. The van der Waals surface area contributed by atoms with Gasteiger partial charge in [-0.25, -0.2) is 4.98 Å². The molecule has 86 valence electrons. The zero-order valence-corrected chi connectivity index (χ0v) is 9.77. The summed E-state index contributed by atoms with van der Waals surface area (Å²) in [6, 6.07) is 4.13.